The highest BCUT2D eigenvalue weighted by Gasteiger charge is 2.22. The fourth-order valence-corrected chi connectivity index (χ4v) is 2.23. The van der Waals surface area contributed by atoms with Gasteiger partial charge in [-0.2, -0.15) is 0 Å². The first kappa shape index (κ1) is 11.0. The van der Waals surface area contributed by atoms with E-state index in [9.17, 15) is 9.59 Å². The molecule has 3 N–H and O–H groups in total. The summed E-state index contributed by atoms with van der Waals surface area (Å²) in [4.78, 5) is 27.2. The Labute approximate surface area is 103 Å². The smallest absolute Gasteiger partial charge is 0.256 e. The lowest BCUT2D eigenvalue weighted by molar-refractivity contribution is 0.100. The van der Waals surface area contributed by atoms with Gasteiger partial charge in [-0.15, -0.1) is 0 Å². The standard InChI is InChI=1S/C12H14N4O2/c13-11(18)10-9(17)5-8(4-3-7-1-2-7)16-12(10)14-6-15-16/h5-7H,1-4H2,(H2,13,18)(H,14,15). The van der Waals surface area contributed by atoms with Crippen molar-refractivity contribution >= 4 is 11.6 Å². The van der Waals surface area contributed by atoms with Gasteiger partial charge < -0.3 is 5.73 Å². The van der Waals surface area contributed by atoms with Crippen molar-refractivity contribution in [3.05, 3.63) is 33.9 Å². The van der Waals surface area contributed by atoms with Crippen molar-refractivity contribution in [1.29, 1.82) is 0 Å². The van der Waals surface area contributed by atoms with Gasteiger partial charge in [-0.3, -0.25) is 14.7 Å². The molecular formula is C12H14N4O2. The van der Waals surface area contributed by atoms with E-state index in [-0.39, 0.29) is 11.0 Å². The normalized spacial score (nSPS) is 15.1. The quantitative estimate of drug-likeness (QED) is 0.820. The predicted octanol–water partition coefficient (Wildman–Crippen LogP) is 0.464. The molecule has 1 saturated carbocycles. The molecule has 0 saturated heterocycles. The van der Waals surface area contributed by atoms with Gasteiger partial charge in [-0.05, 0) is 18.8 Å². The lowest BCUT2D eigenvalue weighted by Gasteiger charge is -2.06. The molecule has 0 unspecified atom stereocenters. The first-order valence-corrected chi connectivity index (χ1v) is 6.04. The van der Waals surface area contributed by atoms with Crippen molar-refractivity contribution in [1.82, 2.24) is 14.6 Å². The summed E-state index contributed by atoms with van der Waals surface area (Å²) >= 11 is 0. The molecule has 1 fully saturated rings. The van der Waals surface area contributed by atoms with Crippen LogP contribution in [0.4, 0.5) is 0 Å². The van der Waals surface area contributed by atoms with Crippen LogP contribution in [0.15, 0.2) is 17.2 Å². The molecule has 0 aliphatic heterocycles. The summed E-state index contributed by atoms with van der Waals surface area (Å²) in [6.07, 6.45) is 5.89. The fraction of sp³-hybridized carbons (Fsp3) is 0.417. The van der Waals surface area contributed by atoms with Crippen LogP contribution in [0.25, 0.3) is 5.65 Å². The highest BCUT2D eigenvalue weighted by molar-refractivity contribution is 5.98. The van der Waals surface area contributed by atoms with E-state index in [0.29, 0.717) is 5.65 Å². The van der Waals surface area contributed by atoms with Gasteiger partial charge in [-0.25, -0.2) is 9.50 Å². The molecule has 18 heavy (non-hydrogen) atoms. The fourth-order valence-electron chi connectivity index (χ4n) is 2.23. The van der Waals surface area contributed by atoms with Crippen molar-refractivity contribution in [2.24, 2.45) is 11.7 Å². The zero-order chi connectivity index (χ0) is 12.7. The minimum atomic E-state index is -0.738. The third-order valence-electron chi connectivity index (χ3n) is 3.39. The minimum Gasteiger partial charge on any atom is -0.365 e. The Morgan fingerprint density at radius 1 is 1.56 bits per heavy atom. The zero-order valence-electron chi connectivity index (χ0n) is 9.85. The highest BCUT2D eigenvalue weighted by atomic mass is 16.2. The third-order valence-corrected chi connectivity index (χ3v) is 3.39. The number of aromatic nitrogens is 3. The van der Waals surface area contributed by atoms with Crippen LogP contribution in [0.2, 0.25) is 0 Å². The number of primary amides is 1. The summed E-state index contributed by atoms with van der Waals surface area (Å²) in [7, 11) is 0. The van der Waals surface area contributed by atoms with Crippen LogP contribution in [-0.4, -0.2) is 20.5 Å². The second-order valence-corrected chi connectivity index (χ2v) is 4.77. The summed E-state index contributed by atoms with van der Waals surface area (Å²) in [5.74, 6) is 0.0489. The van der Waals surface area contributed by atoms with Gasteiger partial charge in [0.05, 0.1) is 0 Å². The molecule has 94 valence electrons. The maximum absolute atomic E-state index is 11.9. The van der Waals surface area contributed by atoms with Gasteiger partial charge in [-0.1, -0.05) is 12.8 Å². The number of carbonyl (C=O) groups is 1. The zero-order valence-corrected chi connectivity index (χ0v) is 9.85. The van der Waals surface area contributed by atoms with E-state index in [1.54, 1.807) is 4.52 Å². The second kappa shape index (κ2) is 3.97. The molecule has 1 amide bonds. The summed E-state index contributed by atoms with van der Waals surface area (Å²) in [5, 5.41) is 2.91. The van der Waals surface area contributed by atoms with Crippen molar-refractivity contribution in [2.75, 3.05) is 0 Å². The van der Waals surface area contributed by atoms with Gasteiger partial charge in [0.15, 0.2) is 11.1 Å². The summed E-state index contributed by atoms with van der Waals surface area (Å²) in [5.41, 5.74) is 5.99. The lowest BCUT2D eigenvalue weighted by Crippen LogP contribution is -2.24. The predicted molar refractivity (Wildman–Crippen MR) is 65.4 cm³/mol. The summed E-state index contributed by atoms with van der Waals surface area (Å²) in [6, 6.07) is 1.48. The molecule has 6 heteroatoms. The number of nitrogens with zero attached hydrogens (tertiary/aromatic N) is 2. The molecule has 3 rings (SSSR count). The molecule has 0 aromatic carbocycles. The lowest BCUT2D eigenvalue weighted by atomic mass is 10.1. The molecule has 2 aromatic heterocycles. The molecule has 1 aliphatic rings. The number of H-pyrrole nitrogens is 1. The Bertz CT molecular complexity index is 666. The van der Waals surface area contributed by atoms with Gasteiger partial charge in [0.2, 0.25) is 0 Å². The first-order valence-electron chi connectivity index (χ1n) is 6.04. The van der Waals surface area contributed by atoms with Crippen molar-refractivity contribution in [2.45, 2.75) is 25.7 Å². The largest absolute Gasteiger partial charge is 0.365 e. The molecule has 0 spiro atoms. The van der Waals surface area contributed by atoms with Crippen molar-refractivity contribution in [3.8, 4) is 0 Å². The number of nitrogens with two attached hydrogens (primary N) is 1. The summed E-state index contributed by atoms with van der Waals surface area (Å²) < 4.78 is 1.67. The van der Waals surface area contributed by atoms with Crippen LogP contribution in [0.5, 0.6) is 0 Å². The van der Waals surface area contributed by atoms with E-state index in [2.05, 4.69) is 10.1 Å². The van der Waals surface area contributed by atoms with Crippen LogP contribution in [0.3, 0.4) is 0 Å². The Balaban J connectivity index is 2.09. The van der Waals surface area contributed by atoms with Gasteiger partial charge in [0.25, 0.3) is 5.91 Å². The van der Waals surface area contributed by atoms with E-state index in [1.165, 1.54) is 25.2 Å². The number of nitrogens with one attached hydrogen (secondary N) is 1. The molecule has 0 atom stereocenters. The van der Waals surface area contributed by atoms with Crippen LogP contribution in [0.1, 0.15) is 35.3 Å². The number of carbonyl (C=O) groups excluding carboxylic acids is 1. The average Bonchev–Trinajstić information content (AvgIpc) is 3.02. The molecule has 2 heterocycles. The van der Waals surface area contributed by atoms with Gasteiger partial charge in [0.1, 0.15) is 11.9 Å². The van der Waals surface area contributed by atoms with Crippen LogP contribution in [-0.2, 0) is 6.42 Å². The van der Waals surface area contributed by atoms with E-state index in [0.717, 1.165) is 24.5 Å². The molecule has 1 aliphatic carbocycles. The van der Waals surface area contributed by atoms with Crippen LogP contribution < -0.4 is 11.2 Å². The monoisotopic (exact) mass is 246 g/mol. The van der Waals surface area contributed by atoms with Crippen LogP contribution in [0, 0.1) is 5.92 Å². The molecule has 2 aromatic rings. The van der Waals surface area contributed by atoms with E-state index in [4.69, 9.17) is 5.73 Å². The number of pyridine rings is 1. The van der Waals surface area contributed by atoms with Crippen molar-refractivity contribution in [3.63, 3.8) is 0 Å². The molecule has 6 nitrogen and oxygen atoms in total. The Morgan fingerprint density at radius 2 is 2.33 bits per heavy atom. The number of amides is 1. The van der Waals surface area contributed by atoms with E-state index < -0.39 is 5.91 Å². The van der Waals surface area contributed by atoms with E-state index >= 15 is 0 Å². The Morgan fingerprint density at radius 3 is 3.00 bits per heavy atom. The Hall–Kier alpha value is -2.11. The second-order valence-electron chi connectivity index (χ2n) is 4.77. The van der Waals surface area contributed by atoms with E-state index in [1.807, 2.05) is 0 Å². The SMILES string of the molecule is NC(=O)c1c(=O)cc(CCC2CC2)n2[nH]cnc12. The Kier molecular flexibility index (Phi) is 2.43. The van der Waals surface area contributed by atoms with Gasteiger partial charge in [0, 0.05) is 11.8 Å². The molecular weight excluding hydrogens is 232 g/mol. The van der Waals surface area contributed by atoms with Crippen LogP contribution >= 0.6 is 0 Å². The summed E-state index contributed by atoms with van der Waals surface area (Å²) in [6.45, 7) is 0. The highest BCUT2D eigenvalue weighted by Crippen LogP contribution is 2.33. The number of aryl methyl sites for hydroxylation is 1. The average molecular weight is 246 g/mol. The number of aromatic amines is 1. The topological polar surface area (TPSA) is 93.3 Å². The number of rotatable bonds is 4. The molecule has 0 bridgehead atoms. The maximum atomic E-state index is 11.9. The minimum absolute atomic E-state index is 0.0496. The van der Waals surface area contributed by atoms with Gasteiger partial charge >= 0.3 is 0 Å². The third kappa shape index (κ3) is 1.79. The first-order chi connectivity index (χ1) is 8.66. The number of hydrogen-bond donors (Lipinski definition) is 2. The van der Waals surface area contributed by atoms with Crippen molar-refractivity contribution < 1.29 is 4.79 Å². The number of hydrogen-bond acceptors (Lipinski definition) is 3. The number of fused-ring (bicyclic) bond motifs is 1. The molecule has 0 radical (unpaired) electrons. The maximum Gasteiger partial charge on any atom is 0.256 e.